The SMILES string of the molecule is CN=S1(=O)CC2(COC2)C1. The largest absolute Gasteiger partial charge is 0.380 e. The van der Waals surface area contributed by atoms with E-state index in [2.05, 4.69) is 4.36 Å². The minimum absolute atomic E-state index is 0.288. The van der Waals surface area contributed by atoms with Crippen LogP contribution >= 0.6 is 0 Å². The summed E-state index contributed by atoms with van der Waals surface area (Å²) >= 11 is 0. The van der Waals surface area contributed by atoms with Gasteiger partial charge < -0.3 is 4.74 Å². The molecule has 2 heterocycles. The molecule has 3 nitrogen and oxygen atoms in total. The van der Waals surface area contributed by atoms with Crippen molar-refractivity contribution in [3.8, 4) is 0 Å². The van der Waals surface area contributed by atoms with Crippen molar-refractivity contribution in [3.63, 3.8) is 0 Å². The second-order valence-corrected chi connectivity index (χ2v) is 5.72. The van der Waals surface area contributed by atoms with Crippen LogP contribution in [0.4, 0.5) is 0 Å². The molecule has 0 atom stereocenters. The molecule has 2 aliphatic rings. The first-order chi connectivity index (χ1) is 4.68. The van der Waals surface area contributed by atoms with Crippen LogP contribution in [0, 0.1) is 5.41 Å². The maximum atomic E-state index is 11.4. The Morgan fingerprint density at radius 1 is 1.50 bits per heavy atom. The van der Waals surface area contributed by atoms with E-state index in [-0.39, 0.29) is 5.41 Å². The van der Waals surface area contributed by atoms with Gasteiger partial charge in [-0.05, 0) is 0 Å². The summed E-state index contributed by atoms with van der Waals surface area (Å²) < 4.78 is 20.3. The van der Waals surface area contributed by atoms with Crippen LogP contribution in [-0.2, 0) is 14.5 Å². The third kappa shape index (κ3) is 0.720. The maximum absolute atomic E-state index is 11.4. The average molecular weight is 161 g/mol. The Morgan fingerprint density at radius 3 is 2.40 bits per heavy atom. The zero-order valence-electron chi connectivity index (χ0n) is 6.00. The molecular formula is C6H11NO2S. The fourth-order valence-electron chi connectivity index (χ4n) is 1.60. The molecule has 10 heavy (non-hydrogen) atoms. The quantitative estimate of drug-likeness (QED) is 0.506. The summed E-state index contributed by atoms with van der Waals surface area (Å²) in [5.41, 5.74) is 0.288. The lowest BCUT2D eigenvalue weighted by atomic mass is 9.90. The minimum atomic E-state index is -1.75. The molecule has 58 valence electrons. The van der Waals surface area contributed by atoms with Gasteiger partial charge in [0.25, 0.3) is 0 Å². The average Bonchev–Trinajstić information content (AvgIpc) is 1.77. The van der Waals surface area contributed by atoms with Crippen molar-refractivity contribution >= 4 is 9.73 Å². The number of nitrogens with zero attached hydrogens (tertiary/aromatic N) is 1. The van der Waals surface area contributed by atoms with E-state index in [1.54, 1.807) is 7.05 Å². The second kappa shape index (κ2) is 1.74. The molecule has 2 saturated heterocycles. The summed E-state index contributed by atoms with van der Waals surface area (Å²) in [7, 11) is -0.103. The van der Waals surface area contributed by atoms with Crippen molar-refractivity contribution in [1.82, 2.24) is 0 Å². The molecule has 0 bridgehead atoms. The molecular weight excluding hydrogens is 150 g/mol. The molecule has 0 aliphatic carbocycles. The highest BCUT2D eigenvalue weighted by Crippen LogP contribution is 2.40. The van der Waals surface area contributed by atoms with Crippen molar-refractivity contribution < 1.29 is 8.95 Å². The van der Waals surface area contributed by atoms with Gasteiger partial charge in [-0.15, -0.1) is 0 Å². The predicted octanol–water partition coefficient (Wildman–Crippen LogP) is 0.114. The van der Waals surface area contributed by atoms with Crippen molar-refractivity contribution in [1.29, 1.82) is 0 Å². The van der Waals surface area contributed by atoms with Gasteiger partial charge in [0.1, 0.15) is 0 Å². The van der Waals surface area contributed by atoms with Gasteiger partial charge in [0, 0.05) is 33.7 Å². The molecule has 0 radical (unpaired) electrons. The van der Waals surface area contributed by atoms with Crippen LogP contribution in [-0.4, -0.2) is 36.0 Å². The summed E-state index contributed by atoms with van der Waals surface area (Å²) in [5, 5.41) is 0. The molecule has 0 unspecified atom stereocenters. The van der Waals surface area contributed by atoms with Crippen molar-refractivity contribution in [2.75, 3.05) is 31.8 Å². The van der Waals surface area contributed by atoms with Crippen LogP contribution in [0.25, 0.3) is 0 Å². The van der Waals surface area contributed by atoms with Gasteiger partial charge in [-0.1, -0.05) is 0 Å². The lowest BCUT2D eigenvalue weighted by Gasteiger charge is -2.49. The van der Waals surface area contributed by atoms with Crippen LogP contribution in [0.3, 0.4) is 0 Å². The van der Waals surface area contributed by atoms with Gasteiger partial charge in [0.2, 0.25) is 0 Å². The van der Waals surface area contributed by atoms with Gasteiger partial charge in [-0.3, -0.25) is 0 Å². The molecule has 0 N–H and O–H groups in total. The van der Waals surface area contributed by atoms with Gasteiger partial charge in [-0.2, -0.15) is 0 Å². The highest BCUT2D eigenvalue weighted by molar-refractivity contribution is 7.95. The second-order valence-electron chi connectivity index (χ2n) is 3.24. The molecule has 4 heteroatoms. The third-order valence-corrected chi connectivity index (χ3v) is 5.01. The number of hydrogen-bond donors (Lipinski definition) is 0. The molecule has 0 aromatic carbocycles. The molecule has 0 saturated carbocycles. The summed E-state index contributed by atoms with van der Waals surface area (Å²) in [6.45, 7) is 1.61. The lowest BCUT2D eigenvalue weighted by Crippen LogP contribution is -2.60. The van der Waals surface area contributed by atoms with Gasteiger partial charge in [0.05, 0.1) is 13.2 Å². The van der Waals surface area contributed by atoms with E-state index < -0.39 is 9.73 Å². The third-order valence-electron chi connectivity index (χ3n) is 2.21. The number of ether oxygens (including phenoxy) is 1. The van der Waals surface area contributed by atoms with E-state index in [1.807, 2.05) is 0 Å². The Hall–Kier alpha value is -0.0900. The van der Waals surface area contributed by atoms with Gasteiger partial charge >= 0.3 is 0 Å². The zero-order valence-corrected chi connectivity index (χ0v) is 6.82. The van der Waals surface area contributed by atoms with Crippen LogP contribution in [0.15, 0.2) is 4.36 Å². The Kier molecular flexibility index (Phi) is 1.15. The van der Waals surface area contributed by atoms with Gasteiger partial charge in [0.15, 0.2) is 0 Å². The summed E-state index contributed by atoms with van der Waals surface area (Å²) in [6.07, 6.45) is 0. The van der Waals surface area contributed by atoms with Gasteiger partial charge in [-0.25, -0.2) is 8.57 Å². The first kappa shape index (κ1) is 6.61. The highest BCUT2D eigenvalue weighted by Gasteiger charge is 2.51. The summed E-state index contributed by atoms with van der Waals surface area (Å²) in [6, 6.07) is 0. The minimum Gasteiger partial charge on any atom is -0.380 e. The fraction of sp³-hybridized carbons (Fsp3) is 1.00. The molecule has 2 rings (SSSR count). The number of rotatable bonds is 0. The molecule has 1 spiro atoms. The van der Waals surface area contributed by atoms with E-state index in [9.17, 15) is 4.21 Å². The van der Waals surface area contributed by atoms with Crippen LogP contribution in [0.1, 0.15) is 0 Å². The van der Waals surface area contributed by atoms with Crippen LogP contribution < -0.4 is 0 Å². The Labute approximate surface area is 60.9 Å². The summed E-state index contributed by atoms with van der Waals surface area (Å²) in [5.74, 6) is 1.55. The highest BCUT2D eigenvalue weighted by atomic mass is 32.2. The van der Waals surface area contributed by atoms with Crippen molar-refractivity contribution in [2.45, 2.75) is 0 Å². The number of hydrogen-bond acceptors (Lipinski definition) is 3. The Balaban J connectivity index is 2.12. The Morgan fingerprint density at radius 2 is 2.10 bits per heavy atom. The molecule has 0 amide bonds. The zero-order chi connectivity index (χ0) is 7.24. The van der Waals surface area contributed by atoms with Crippen molar-refractivity contribution in [3.05, 3.63) is 0 Å². The first-order valence-corrected chi connectivity index (χ1v) is 5.22. The van der Waals surface area contributed by atoms with E-state index in [4.69, 9.17) is 4.74 Å². The molecule has 0 aromatic rings. The fourth-order valence-corrected chi connectivity index (χ4v) is 4.02. The lowest BCUT2D eigenvalue weighted by molar-refractivity contribution is -0.0922. The normalized spacial score (nSPS) is 32.5. The predicted molar refractivity (Wildman–Crippen MR) is 39.5 cm³/mol. The molecule has 0 aromatic heterocycles. The van der Waals surface area contributed by atoms with Crippen molar-refractivity contribution in [2.24, 2.45) is 9.78 Å². The monoisotopic (exact) mass is 161 g/mol. The first-order valence-electron chi connectivity index (χ1n) is 3.37. The van der Waals surface area contributed by atoms with E-state index in [0.717, 1.165) is 24.7 Å². The van der Waals surface area contributed by atoms with Crippen LogP contribution in [0.5, 0.6) is 0 Å². The maximum Gasteiger partial charge on any atom is 0.0563 e. The topological polar surface area (TPSA) is 38.7 Å². The standard InChI is InChI=1S/C6H11NO2S/c1-7-10(8)4-6(5-10)2-9-3-6/h2-5H2,1H3. The molecule has 2 aliphatic heterocycles. The van der Waals surface area contributed by atoms with E-state index >= 15 is 0 Å². The Bertz CT molecular complexity index is 247. The van der Waals surface area contributed by atoms with E-state index in [1.165, 1.54) is 0 Å². The van der Waals surface area contributed by atoms with Crippen LogP contribution in [0.2, 0.25) is 0 Å². The smallest absolute Gasteiger partial charge is 0.0563 e. The molecule has 2 fully saturated rings. The van der Waals surface area contributed by atoms with E-state index in [0.29, 0.717) is 0 Å². The summed E-state index contributed by atoms with van der Waals surface area (Å²) in [4.78, 5) is 0.